The molecule has 2 rings (SSSR count). The van der Waals surface area contributed by atoms with Gasteiger partial charge in [0.05, 0.1) is 0 Å². The summed E-state index contributed by atoms with van der Waals surface area (Å²) in [4.78, 5) is 0. The van der Waals surface area contributed by atoms with Crippen LogP contribution in [-0.4, -0.2) is 5.84 Å². The Morgan fingerprint density at radius 2 is 1.68 bits per heavy atom. The van der Waals surface area contributed by atoms with Crippen molar-refractivity contribution < 1.29 is 4.74 Å². The monoisotopic (exact) mass is 358 g/mol. The molecule has 2 aromatic carbocycles. The van der Waals surface area contributed by atoms with Gasteiger partial charge in [-0.15, -0.1) is 0 Å². The van der Waals surface area contributed by atoms with Gasteiger partial charge in [-0.3, -0.25) is 5.41 Å². The molecule has 0 aromatic heterocycles. The third-order valence-corrected chi connectivity index (χ3v) is 3.40. The van der Waals surface area contributed by atoms with Crippen LogP contribution in [0.4, 0.5) is 0 Å². The predicted octanol–water partition coefficient (Wildman–Crippen LogP) is 4.83. The lowest BCUT2D eigenvalue weighted by molar-refractivity contribution is 0.482. The van der Waals surface area contributed by atoms with Gasteiger partial charge in [-0.25, -0.2) is 0 Å². The van der Waals surface area contributed by atoms with Gasteiger partial charge in [0, 0.05) is 20.1 Å². The second-order valence-corrected chi connectivity index (χ2v) is 5.49. The lowest BCUT2D eigenvalue weighted by Crippen LogP contribution is -2.11. The van der Waals surface area contributed by atoms with Crippen molar-refractivity contribution in [2.75, 3.05) is 0 Å². The molecule has 0 radical (unpaired) electrons. The van der Waals surface area contributed by atoms with E-state index >= 15 is 0 Å². The van der Waals surface area contributed by atoms with E-state index in [-0.39, 0.29) is 5.84 Å². The largest absolute Gasteiger partial charge is 0.457 e. The topological polar surface area (TPSA) is 59.1 Å². The Morgan fingerprint density at radius 3 is 2.21 bits per heavy atom. The van der Waals surface area contributed by atoms with Crippen molar-refractivity contribution in [3.05, 3.63) is 56.5 Å². The van der Waals surface area contributed by atoms with Gasteiger partial charge in [0.1, 0.15) is 17.3 Å². The Morgan fingerprint density at radius 1 is 1.05 bits per heavy atom. The van der Waals surface area contributed by atoms with E-state index in [1.165, 1.54) is 0 Å². The number of rotatable bonds is 3. The number of nitrogens with one attached hydrogen (secondary N) is 1. The lowest BCUT2D eigenvalue weighted by atomic mass is 10.2. The summed E-state index contributed by atoms with van der Waals surface area (Å²) >= 11 is 15.1. The first-order chi connectivity index (χ1) is 8.95. The number of amidine groups is 1. The third kappa shape index (κ3) is 3.62. The van der Waals surface area contributed by atoms with Crippen LogP contribution < -0.4 is 10.5 Å². The summed E-state index contributed by atoms with van der Waals surface area (Å²) in [5.74, 6) is 1.12. The fourth-order valence-corrected chi connectivity index (χ4v) is 2.58. The SMILES string of the molecule is N=C(N)c1ccc(Oc2cc(Cl)cc(Cl)c2)cc1Br. The molecule has 98 valence electrons. The zero-order valence-corrected chi connectivity index (χ0v) is 12.7. The minimum atomic E-state index is -0.00998. The Kier molecular flexibility index (Phi) is 4.34. The molecule has 0 fully saturated rings. The standard InChI is InChI=1S/C13H9BrCl2N2O/c14-12-6-9(1-2-11(12)13(17)18)19-10-4-7(15)3-8(16)5-10/h1-6H,(H3,17,18). The minimum absolute atomic E-state index is 0.00998. The maximum Gasteiger partial charge on any atom is 0.130 e. The van der Waals surface area contributed by atoms with E-state index in [0.29, 0.717) is 31.6 Å². The molecule has 0 spiro atoms. The van der Waals surface area contributed by atoms with Crippen molar-refractivity contribution in [2.24, 2.45) is 5.73 Å². The Hall–Kier alpha value is -1.23. The molecule has 0 saturated heterocycles. The van der Waals surface area contributed by atoms with Gasteiger partial charge in [0.2, 0.25) is 0 Å². The second kappa shape index (κ2) is 5.82. The van der Waals surface area contributed by atoms with Crippen LogP contribution in [0.2, 0.25) is 10.0 Å². The van der Waals surface area contributed by atoms with E-state index in [1.54, 1.807) is 36.4 Å². The van der Waals surface area contributed by atoms with Gasteiger partial charge in [-0.05, 0) is 52.3 Å². The van der Waals surface area contributed by atoms with Crippen LogP contribution >= 0.6 is 39.1 Å². The summed E-state index contributed by atoms with van der Waals surface area (Å²) in [5.41, 5.74) is 6.04. The molecule has 0 aliphatic heterocycles. The molecule has 6 heteroatoms. The molecule has 0 amide bonds. The lowest BCUT2D eigenvalue weighted by Gasteiger charge is -2.09. The minimum Gasteiger partial charge on any atom is -0.457 e. The highest BCUT2D eigenvalue weighted by Crippen LogP contribution is 2.30. The molecular weight excluding hydrogens is 351 g/mol. The molecular formula is C13H9BrCl2N2O. The Balaban J connectivity index is 2.28. The maximum absolute atomic E-state index is 7.40. The third-order valence-electron chi connectivity index (χ3n) is 2.30. The van der Waals surface area contributed by atoms with Crippen LogP contribution in [0.3, 0.4) is 0 Å². The molecule has 3 nitrogen and oxygen atoms in total. The molecule has 0 unspecified atom stereocenters. The number of nitrogens with two attached hydrogens (primary N) is 1. The second-order valence-electron chi connectivity index (χ2n) is 3.76. The normalized spacial score (nSPS) is 10.3. The number of hydrogen-bond donors (Lipinski definition) is 2. The molecule has 0 aliphatic rings. The fourth-order valence-electron chi connectivity index (χ4n) is 1.50. The first-order valence-electron chi connectivity index (χ1n) is 5.23. The van der Waals surface area contributed by atoms with Crippen molar-refractivity contribution in [2.45, 2.75) is 0 Å². The van der Waals surface area contributed by atoms with E-state index in [9.17, 15) is 0 Å². The highest BCUT2D eigenvalue weighted by atomic mass is 79.9. The molecule has 0 saturated carbocycles. The Bertz CT molecular complexity index is 626. The van der Waals surface area contributed by atoms with Crippen LogP contribution in [0.25, 0.3) is 0 Å². The quantitative estimate of drug-likeness (QED) is 0.608. The van der Waals surface area contributed by atoms with Crippen LogP contribution in [-0.2, 0) is 0 Å². The van der Waals surface area contributed by atoms with Gasteiger partial charge in [-0.1, -0.05) is 23.2 Å². The van der Waals surface area contributed by atoms with Crippen LogP contribution in [0.1, 0.15) is 5.56 Å². The van der Waals surface area contributed by atoms with Gasteiger partial charge < -0.3 is 10.5 Å². The number of halogens is 3. The zero-order valence-electron chi connectivity index (χ0n) is 9.58. The van der Waals surface area contributed by atoms with Gasteiger partial charge in [-0.2, -0.15) is 0 Å². The molecule has 2 aromatic rings. The highest BCUT2D eigenvalue weighted by molar-refractivity contribution is 9.10. The van der Waals surface area contributed by atoms with Crippen LogP contribution in [0.15, 0.2) is 40.9 Å². The highest BCUT2D eigenvalue weighted by Gasteiger charge is 2.06. The smallest absolute Gasteiger partial charge is 0.130 e. The summed E-state index contributed by atoms with van der Waals surface area (Å²) in [5, 5.41) is 8.40. The number of hydrogen-bond acceptors (Lipinski definition) is 2. The number of benzene rings is 2. The van der Waals surface area contributed by atoms with E-state index in [4.69, 9.17) is 39.1 Å². The molecule has 0 heterocycles. The summed E-state index contributed by atoms with van der Waals surface area (Å²) < 4.78 is 6.33. The van der Waals surface area contributed by atoms with Crippen molar-refractivity contribution >= 4 is 45.0 Å². The fraction of sp³-hybridized carbons (Fsp3) is 0. The van der Waals surface area contributed by atoms with E-state index < -0.39 is 0 Å². The molecule has 3 N–H and O–H groups in total. The molecule has 0 atom stereocenters. The van der Waals surface area contributed by atoms with E-state index in [0.717, 1.165) is 0 Å². The number of ether oxygens (including phenoxy) is 1. The zero-order chi connectivity index (χ0) is 14.0. The summed E-state index contributed by atoms with van der Waals surface area (Å²) in [6.07, 6.45) is 0. The first kappa shape index (κ1) is 14.2. The summed E-state index contributed by atoms with van der Waals surface area (Å²) in [7, 11) is 0. The van der Waals surface area contributed by atoms with E-state index in [2.05, 4.69) is 15.9 Å². The van der Waals surface area contributed by atoms with Crippen LogP contribution in [0.5, 0.6) is 11.5 Å². The van der Waals surface area contributed by atoms with Crippen LogP contribution in [0, 0.1) is 5.41 Å². The average molecular weight is 360 g/mol. The maximum atomic E-state index is 7.40. The average Bonchev–Trinajstić information content (AvgIpc) is 2.26. The number of nitrogen functional groups attached to an aromatic ring is 1. The van der Waals surface area contributed by atoms with Crippen molar-refractivity contribution in [1.82, 2.24) is 0 Å². The summed E-state index contributed by atoms with van der Waals surface area (Å²) in [6.45, 7) is 0. The van der Waals surface area contributed by atoms with E-state index in [1.807, 2.05) is 0 Å². The van der Waals surface area contributed by atoms with Gasteiger partial charge >= 0.3 is 0 Å². The molecule has 0 aliphatic carbocycles. The van der Waals surface area contributed by atoms with Crippen molar-refractivity contribution in [3.63, 3.8) is 0 Å². The summed E-state index contributed by atoms with van der Waals surface area (Å²) in [6, 6.07) is 10.1. The Labute approximate surface area is 128 Å². The van der Waals surface area contributed by atoms with Gasteiger partial charge in [0.15, 0.2) is 0 Å². The van der Waals surface area contributed by atoms with Crippen molar-refractivity contribution in [3.8, 4) is 11.5 Å². The predicted molar refractivity (Wildman–Crippen MR) is 81.7 cm³/mol. The molecule has 19 heavy (non-hydrogen) atoms. The first-order valence-corrected chi connectivity index (χ1v) is 6.78. The molecule has 0 bridgehead atoms. The van der Waals surface area contributed by atoms with Gasteiger partial charge in [0.25, 0.3) is 0 Å². The van der Waals surface area contributed by atoms with Crippen molar-refractivity contribution in [1.29, 1.82) is 5.41 Å².